The number of anilines is 1. The van der Waals surface area contributed by atoms with E-state index in [9.17, 15) is 4.79 Å². The zero-order chi connectivity index (χ0) is 21.8. The van der Waals surface area contributed by atoms with Gasteiger partial charge in [0.05, 0.1) is 39.9 Å². The fourth-order valence-corrected chi connectivity index (χ4v) is 4.54. The van der Waals surface area contributed by atoms with Gasteiger partial charge in [0.15, 0.2) is 5.78 Å². The quantitative estimate of drug-likeness (QED) is 0.386. The number of Topliss-reactive ketones (excluding diaryl/α,β-unsaturated/α-hetero) is 1. The minimum Gasteiger partial charge on any atom is -0.383 e. The van der Waals surface area contributed by atoms with Gasteiger partial charge in [-0.05, 0) is 56.9 Å². The van der Waals surface area contributed by atoms with Gasteiger partial charge < -0.3 is 15.6 Å². The van der Waals surface area contributed by atoms with E-state index in [0.29, 0.717) is 28.5 Å². The number of nitrogens with zero attached hydrogens (tertiary/aromatic N) is 5. The molecule has 1 aliphatic heterocycles. The third-order valence-corrected chi connectivity index (χ3v) is 6.35. The van der Waals surface area contributed by atoms with E-state index < -0.39 is 0 Å². The van der Waals surface area contributed by atoms with Crippen LogP contribution in [0.2, 0.25) is 0 Å². The third kappa shape index (κ3) is 3.05. The van der Waals surface area contributed by atoms with Crippen molar-refractivity contribution in [1.29, 1.82) is 0 Å². The van der Waals surface area contributed by atoms with Crippen molar-refractivity contribution >= 4 is 33.5 Å². The second-order valence-electron chi connectivity index (χ2n) is 8.61. The second-order valence-corrected chi connectivity index (χ2v) is 8.61. The van der Waals surface area contributed by atoms with Crippen molar-refractivity contribution in [2.75, 3.05) is 18.8 Å². The van der Waals surface area contributed by atoms with Gasteiger partial charge in [0, 0.05) is 24.3 Å². The van der Waals surface area contributed by atoms with Crippen molar-refractivity contribution in [3.05, 3.63) is 47.5 Å². The maximum Gasteiger partial charge on any atom is 0.163 e. The highest BCUT2D eigenvalue weighted by molar-refractivity contribution is 6.09. The summed E-state index contributed by atoms with van der Waals surface area (Å²) < 4.78 is 4.15. The highest BCUT2D eigenvalue weighted by atomic mass is 16.1. The van der Waals surface area contributed by atoms with Gasteiger partial charge in [0.2, 0.25) is 0 Å². The first-order chi connectivity index (χ1) is 15.6. The number of imidazole rings is 1. The predicted molar refractivity (Wildman–Crippen MR) is 122 cm³/mol. The number of carbonyl (C=O) groups excluding carboxylic acids is 1. The number of hydrogen-bond donors (Lipinski definition) is 2. The number of carbonyl (C=O) groups is 1. The highest BCUT2D eigenvalue weighted by Gasteiger charge is 2.26. The number of rotatable bonds is 3. The normalized spacial score (nSPS) is 18.2. The predicted octanol–water partition coefficient (Wildman–Crippen LogP) is 2.83. The molecule has 1 saturated heterocycles. The van der Waals surface area contributed by atoms with Crippen LogP contribution in [0.3, 0.4) is 0 Å². The lowest BCUT2D eigenvalue weighted by atomic mass is 10.1. The number of nitrogens with one attached hydrogen (secondary N) is 1. The summed E-state index contributed by atoms with van der Waals surface area (Å²) in [6.07, 6.45) is 6.83. The van der Waals surface area contributed by atoms with Gasteiger partial charge in [-0.2, -0.15) is 5.10 Å². The maximum atomic E-state index is 12.3. The lowest BCUT2D eigenvalue weighted by Crippen LogP contribution is -2.15. The molecule has 160 valence electrons. The average Bonchev–Trinajstić information content (AvgIpc) is 3.18. The molecule has 3 aromatic heterocycles. The van der Waals surface area contributed by atoms with Crippen LogP contribution in [0.25, 0.3) is 21.9 Å². The standard InChI is InChI=1S/C24H23N7O/c1-14(32)18-12-27-24(25)22-19(29-31(23(18)22)17-8-9-26-11-17)6-2-15-3-7-21-20(10-15)28-13-30(21)16-4-5-16/h3,7,10,12-13,16-17,26H,4-5,8-9,11H2,1H3,(H2,25,27). The molecule has 3 N–H and O–H groups in total. The topological polar surface area (TPSA) is 104 Å². The van der Waals surface area contributed by atoms with E-state index in [1.165, 1.54) is 19.8 Å². The van der Waals surface area contributed by atoms with Crippen molar-refractivity contribution in [1.82, 2.24) is 29.6 Å². The van der Waals surface area contributed by atoms with Crippen molar-refractivity contribution in [2.45, 2.75) is 38.3 Å². The average molecular weight is 425 g/mol. The summed E-state index contributed by atoms with van der Waals surface area (Å²) in [7, 11) is 0. The van der Waals surface area contributed by atoms with Crippen LogP contribution in [-0.2, 0) is 0 Å². The van der Waals surface area contributed by atoms with Crippen LogP contribution in [0, 0.1) is 11.8 Å². The summed E-state index contributed by atoms with van der Waals surface area (Å²) >= 11 is 0. The molecular weight excluding hydrogens is 402 g/mol. The number of nitrogens with two attached hydrogens (primary N) is 1. The van der Waals surface area contributed by atoms with Crippen LogP contribution < -0.4 is 11.1 Å². The van der Waals surface area contributed by atoms with Crippen LogP contribution >= 0.6 is 0 Å². The van der Waals surface area contributed by atoms with Gasteiger partial charge in [-0.3, -0.25) is 9.48 Å². The van der Waals surface area contributed by atoms with Gasteiger partial charge in [0.25, 0.3) is 0 Å². The Morgan fingerprint density at radius 3 is 2.81 bits per heavy atom. The molecule has 1 aromatic carbocycles. The smallest absolute Gasteiger partial charge is 0.163 e. The Balaban J connectivity index is 1.47. The number of pyridine rings is 1. The maximum absolute atomic E-state index is 12.3. The Labute approximate surface area is 184 Å². The molecule has 0 spiro atoms. The minimum absolute atomic E-state index is 0.0641. The molecule has 1 saturated carbocycles. The fraction of sp³-hybridized carbons (Fsp3) is 0.333. The van der Waals surface area contributed by atoms with Crippen LogP contribution in [0.5, 0.6) is 0 Å². The SMILES string of the molecule is CC(=O)c1cnc(N)c2c(C#Cc3ccc4c(c3)ncn4C3CC3)nn(C3CCNC3)c12. The molecule has 0 bridgehead atoms. The van der Waals surface area contributed by atoms with Gasteiger partial charge in [0.1, 0.15) is 11.5 Å². The summed E-state index contributed by atoms with van der Waals surface area (Å²) in [4.78, 5) is 21.1. The number of fused-ring (bicyclic) bond motifs is 2. The number of benzene rings is 1. The highest BCUT2D eigenvalue weighted by Crippen LogP contribution is 2.37. The van der Waals surface area contributed by atoms with Gasteiger partial charge >= 0.3 is 0 Å². The van der Waals surface area contributed by atoms with E-state index in [1.807, 2.05) is 23.1 Å². The van der Waals surface area contributed by atoms with Gasteiger partial charge in [-0.1, -0.05) is 5.92 Å². The zero-order valence-corrected chi connectivity index (χ0v) is 17.8. The summed E-state index contributed by atoms with van der Waals surface area (Å²) in [6.45, 7) is 3.25. The van der Waals surface area contributed by atoms with Crippen LogP contribution in [0.15, 0.2) is 30.7 Å². The molecule has 0 radical (unpaired) electrons. The molecule has 1 atom stereocenters. The monoisotopic (exact) mass is 425 g/mol. The lowest BCUT2D eigenvalue weighted by molar-refractivity contribution is 0.101. The van der Waals surface area contributed by atoms with E-state index in [0.717, 1.165) is 41.6 Å². The van der Waals surface area contributed by atoms with E-state index in [1.54, 1.807) is 6.20 Å². The molecule has 4 aromatic rings. The van der Waals surface area contributed by atoms with Crippen molar-refractivity contribution in [3.63, 3.8) is 0 Å². The molecule has 2 aliphatic rings. The van der Waals surface area contributed by atoms with Gasteiger partial charge in [-0.25, -0.2) is 9.97 Å². The number of ketones is 1. The largest absolute Gasteiger partial charge is 0.383 e. The fourth-order valence-electron chi connectivity index (χ4n) is 4.54. The Morgan fingerprint density at radius 1 is 1.19 bits per heavy atom. The molecule has 0 amide bonds. The molecule has 2 fully saturated rings. The summed E-state index contributed by atoms with van der Waals surface area (Å²) in [5, 5.41) is 8.81. The minimum atomic E-state index is -0.0641. The molecule has 1 aliphatic carbocycles. The first kappa shape index (κ1) is 19.0. The Bertz CT molecular complexity index is 1440. The third-order valence-electron chi connectivity index (χ3n) is 6.35. The number of hydrogen-bond acceptors (Lipinski definition) is 6. The summed E-state index contributed by atoms with van der Waals surface area (Å²) in [5.74, 6) is 6.69. The second kappa shape index (κ2) is 7.18. The zero-order valence-electron chi connectivity index (χ0n) is 17.8. The van der Waals surface area contributed by atoms with E-state index in [4.69, 9.17) is 10.8 Å². The number of nitrogen functional groups attached to an aromatic ring is 1. The van der Waals surface area contributed by atoms with Crippen molar-refractivity contribution in [3.8, 4) is 11.8 Å². The molecule has 32 heavy (non-hydrogen) atoms. The molecule has 8 nitrogen and oxygen atoms in total. The van der Waals surface area contributed by atoms with Gasteiger partial charge in [-0.15, -0.1) is 0 Å². The Morgan fingerprint density at radius 2 is 2.06 bits per heavy atom. The summed E-state index contributed by atoms with van der Waals surface area (Å²) in [6, 6.07) is 6.83. The lowest BCUT2D eigenvalue weighted by Gasteiger charge is -2.12. The first-order valence-electron chi connectivity index (χ1n) is 11.0. The molecule has 6 rings (SSSR count). The molecule has 1 unspecified atom stereocenters. The van der Waals surface area contributed by atoms with Crippen LogP contribution in [-0.4, -0.2) is 43.2 Å². The van der Waals surface area contributed by atoms with E-state index in [-0.39, 0.29) is 11.8 Å². The Hall–Kier alpha value is -3.70. The van der Waals surface area contributed by atoms with Crippen LogP contribution in [0.4, 0.5) is 5.82 Å². The van der Waals surface area contributed by atoms with E-state index >= 15 is 0 Å². The van der Waals surface area contributed by atoms with Crippen LogP contribution in [0.1, 0.15) is 59.9 Å². The Kier molecular flexibility index (Phi) is 4.26. The number of aromatic nitrogens is 5. The van der Waals surface area contributed by atoms with Crippen molar-refractivity contribution in [2.24, 2.45) is 0 Å². The molecule has 8 heteroatoms. The van der Waals surface area contributed by atoms with Crippen molar-refractivity contribution < 1.29 is 4.79 Å². The molecular formula is C24H23N7O. The first-order valence-corrected chi connectivity index (χ1v) is 11.0. The van der Waals surface area contributed by atoms with E-state index in [2.05, 4.69) is 37.8 Å². The molecule has 4 heterocycles. The summed E-state index contributed by atoms with van der Waals surface area (Å²) in [5.41, 5.74) is 11.0.